The maximum Gasteiger partial charge on any atom is 0.331 e. The number of rotatable bonds is 6. The molecule has 0 radical (unpaired) electrons. The first kappa shape index (κ1) is 16.6. The smallest absolute Gasteiger partial charge is 0.331 e. The summed E-state index contributed by atoms with van der Waals surface area (Å²) in [6, 6.07) is 7.62. The number of amides is 1. The van der Waals surface area contributed by atoms with Gasteiger partial charge in [0.2, 0.25) is 0 Å². The van der Waals surface area contributed by atoms with Crippen LogP contribution in [-0.4, -0.2) is 43.1 Å². The topological polar surface area (TPSA) is 94.6 Å². The Balaban J connectivity index is 1.80. The predicted molar refractivity (Wildman–Crippen MR) is 84.6 cm³/mol. The van der Waals surface area contributed by atoms with Gasteiger partial charge in [-0.15, -0.1) is 11.3 Å². The minimum absolute atomic E-state index is 0.269. The van der Waals surface area contributed by atoms with Crippen LogP contribution < -0.4 is 5.32 Å². The molecule has 120 valence electrons. The number of nitrogens with one attached hydrogen (secondary N) is 1. The van der Waals surface area contributed by atoms with Crippen molar-refractivity contribution < 1.29 is 23.9 Å². The Morgan fingerprint density at radius 1 is 1.30 bits per heavy atom. The highest BCUT2D eigenvalue weighted by molar-refractivity contribution is 7.19. The monoisotopic (exact) mass is 334 g/mol. The van der Waals surface area contributed by atoms with Crippen molar-refractivity contribution >= 4 is 45.5 Å². The van der Waals surface area contributed by atoms with E-state index in [0.717, 1.165) is 10.2 Å². The lowest BCUT2D eigenvalue weighted by atomic mass is 10.3. The van der Waals surface area contributed by atoms with Gasteiger partial charge in [-0.3, -0.25) is 9.59 Å². The number of fused-ring (bicyclic) bond motifs is 1. The van der Waals surface area contributed by atoms with E-state index in [-0.39, 0.29) is 6.54 Å². The van der Waals surface area contributed by atoms with E-state index in [1.807, 2.05) is 24.3 Å². The van der Waals surface area contributed by atoms with Gasteiger partial charge in [0.1, 0.15) is 11.6 Å². The number of para-hydroxylation sites is 1. The average Bonchev–Trinajstić information content (AvgIpc) is 2.98. The van der Waals surface area contributed by atoms with Gasteiger partial charge in [0, 0.05) is 6.08 Å². The van der Waals surface area contributed by atoms with Crippen molar-refractivity contribution in [1.82, 2.24) is 10.3 Å². The number of benzene rings is 1. The number of aromatic nitrogens is 1. The first-order valence-corrected chi connectivity index (χ1v) is 7.44. The summed E-state index contributed by atoms with van der Waals surface area (Å²) in [4.78, 5) is 38.0. The second-order valence-corrected chi connectivity index (χ2v) is 5.38. The molecule has 0 saturated carbocycles. The highest BCUT2D eigenvalue weighted by Crippen LogP contribution is 2.22. The summed E-state index contributed by atoms with van der Waals surface area (Å²) in [5, 5.41) is 2.92. The molecule has 0 atom stereocenters. The van der Waals surface area contributed by atoms with Crippen molar-refractivity contribution in [3.63, 3.8) is 0 Å². The van der Waals surface area contributed by atoms with Crippen LogP contribution in [0.2, 0.25) is 0 Å². The largest absolute Gasteiger partial charge is 0.468 e. The van der Waals surface area contributed by atoms with Crippen molar-refractivity contribution in [2.75, 3.05) is 20.3 Å². The van der Waals surface area contributed by atoms with E-state index in [1.54, 1.807) is 0 Å². The molecule has 0 unspecified atom stereocenters. The minimum atomic E-state index is -0.669. The summed E-state index contributed by atoms with van der Waals surface area (Å²) in [6.07, 6.45) is 2.73. The normalized spacial score (nSPS) is 10.7. The van der Waals surface area contributed by atoms with E-state index in [1.165, 1.54) is 30.6 Å². The molecule has 0 fully saturated rings. The van der Waals surface area contributed by atoms with Gasteiger partial charge >= 0.3 is 11.9 Å². The molecule has 0 spiro atoms. The predicted octanol–water partition coefficient (Wildman–Crippen LogP) is 1.14. The van der Waals surface area contributed by atoms with E-state index in [2.05, 4.69) is 15.0 Å². The lowest BCUT2D eigenvalue weighted by Gasteiger charge is -2.03. The molecule has 7 nitrogen and oxygen atoms in total. The summed E-state index contributed by atoms with van der Waals surface area (Å²) in [7, 11) is 1.21. The van der Waals surface area contributed by atoms with Gasteiger partial charge < -0.3 is 14.8 Å². The third-order valence-corrected chi connectivity index (χ3v) is 3.68. The number of esters is 2. The molecule has 0 saturated heterocycles. The van der Waals surface area contributed by atoms with E-state index in [0.29, 0.717) is 5.01 Å². The average molecular weight is 334 g/mol. The van der Waals surface area contributed by atoms with Crippen molar-refractivity contribution in [2.45, 2.75) is 0 Å². The van der Waals surface area contributed by atoms with E-state index >= 15 is 0 Å². The quantitative estimate of drug-likeness (QED) is 0.629. The van der Waals surface area contributed by atoms with Crippen LogP contribution in [0.3, 0.4) is 0 Å². The van der Waals surface area contributed by atoms with Gasteiger partial charge in [-0.25, -0.2) is 9.78 Å². The molecule has 0 aliphatic rings. The number of hydrogen-bond donors (Lipinski definition) is 1. The van der Waals surface area contributed by atoms with Crippen molar-refractivity contribution in [1.29, 1.82) is 0 Å². The first-order chi connectivity index (χ1) is 11.1. The fourth-order valence-corrected chi connectivity index (χ4v) is 2.45. The van der Waals surface area contributed by atoms with Gasteiger partial charge in [-0.2, -0.15) is 0 Å². The molecule has 1 aromatic heterocycles. The van der Waals surface area contributed by atoms with Gasteiger partial charge in [0.15, 0.2) is 6.61 Å². The van der Waals surface area contributed by atoms with Crippen LogP contribution in [0.5, 0.6) is 0 Å². The molecule has 2 rings (SSSR count). The Labute approximate surface area is 135 Å². The zero-order valence-electron chi connectivity index (χ0n) is 12.3. The lowest BCUT2D eigenvalue weighted by molar-refractivity contribution is -0.145. The van der Waals surface area contributed by atoms with Crippen molar-refractivity contribution in [3.05, 3.63) is 35.3 Å². The fraction of sp³-hybridized carbons (Fsp3) is 0.200. The highest BCUT2D eigenvalue weighted by atomic mass is 32.1. The molecule has 1 aromatic carbocycles. The maximum absolute atomic E-state index is 11.5. The Morgan fingerprint density at radius 2 is 2.09 bits per heavy atom. The van der Waals surface area contributed by atoms with Gasteiger partial charge in [-0.1, -0.05) is 12.1 Å². The molecule has 0 aliphatic carbocycles. The Bertz CT molecular complexity index is 720. The van der Waals surface area contributed by atoms with E-state index in [9.17, 15) is 14.4 Å². The zero-order chi connectivity index (χ0) is 16.7. The van der Waals surface area contributed by atoms with Crippen LogP contribution in [0.1, 0.15) is 5.01 Å². The maximum atomic E-state index is 11.5. The fourth-order valence-electron chi connectivity index (χ4n) is 1.58. The number of carbonyl (C=O) groups is 3. The summed E-state index contributed by atoms with van der Waals surface area (Å²) in [5.41, 5.74) is 0.854. The zero-order valence-corrected chi connectivity index (χ0v) is 13.1. The summed E-state index contributed by atoms with van der Waals surface area (Å²) in [6.45, 7) is -0.742. The number of hydrogen-bond acceptors (Lipinski definition) is 7. The Hall–Kier alpha value is -2.74. The number of thiazole rings is 1. The van der Waals surface area contributed by atoms with Gasteiger partial charge in [0.25, 0.3) is 5.91 Å². The third-order valence-electron chi connectivity index (χ3n) is 2.68. The van der Waals surface area contributed by atoms with Crippen molar-refractivity contribution in [3.8, 4) is 0 Å². The highest BCUT2D eigenvalue weighted by Gasteiger charge is 2.07. The van der Waals surface area contributed by atoms with Crippen LogP contribution in [-0.2, 0) is 23.9 Å². The number of carbonyl (C=O) groups excluding carboxylic acids is 3. The molecule has 1 amide bonds. The van der Waals surface area contributed by atoms with Gasteiger partial charge in [0.05, 0.1) is 17.3 Å². The van der Waals surface area contributed by atoms with Crippen LogP contribution in [0.25, 0.3) is 16.3 Å². The van der Waals surface area contributed by atoms with Crippen LogP contribution in [0.4, 0.5) is 0 Å². The molecule has 0 aliphatic heterocycles. The van der Waals surface area contributed by atoms with Crippen LogP contribution >= 0.6 is 11.3 Å². The molecule has 2 aromatic rings. The summed E-state index contributed by atoms with van der Waals surface area (Å²) in [5.74, 6) is -1.84. The SMILES string of the molecule is COC(=O)CNC(=O)COC(=O)C=Cc1nc2ccccc2s1. The number of methoxy groups -OCH3 is 1. The molecule has 1 heterocycles. The first-order valence-electron chi connectivity index (χ1n) is 6.62. The number of nitrogens with zero attached hydrogens (tertiary/aromatic N) is 1. The van der Waals surface area contributed by atoms with Crippen molar-refractivity contribution in [2.24, 2.45) is 0 Å². The molecule has 1 N–H and O–H groups in total. The Kier molecular flexibility index (Phi) is 5.81. The molecular weight excluding hydrogens is 320 g/mol. The third kappa shape index (κ3) is 5.19. The standard InChI is InChI=1S/C15H14N2O5S/c1-21-15(20)8-16-12(18)9-22-14(19)7-6-13-17-10-4-2-3-5-11(10)23-13/h2-7H,8-9H2,1H3,(H,16,18). The lowest BCUT2D eigenvalue weighted by Crippen LogP contribution is -2.33. The molecule has 8 heteroatoms. The number of ether oxygens (including phenoxy) is 2. The minimum Gasteiger partial charge on any atom is -0.468 e. The second kappa shape index (κ2) is 8.04. The molecular formula is C15H14N2O5S. The summed E-state index contributed by atoms with van der Waals surface area (Å²) >= 11 is 1.44. The van der Waals surface area contributed by atoms with Gasteiger partial charge in [-0.05, 0) is 18.2 Å². The van der Waals surface area contributed by atoms with E-state index in [4.69, 9.17) is 4.74 Å². The summed E-state index contributed by atoms with van der Waals surface area (Å²) < 4.78 is 10.1. The molecule has 0 bridgehead atoms. The second-order valence-electron chi connectivity index (χ2n) is 4.31. The van der Waals surface area contributed by atoms with E-state index < -0.39 is 24.5 Å². The Morgan fingerprint density at radius 3 is 2.83 bits per heavy atom. The van der Waals surface area contributed by atoms with Crippen LogP contribution in [0.15, 0.2) is 30.3 Å². The van der Waals surface area contributed by atoms with Crippen LogP contribution in [0, 0.1) is 0 Å². The molecule has 23 heavy (non-hydrogen) atoms.